The first-order valence-corrected chi connectivity index (χ1v) is 9.08. The van der Waals surface area contributed by atoms with Gasteiger partial charge in [0.1, 0.15) is 0 Å². The van der Waals surface area contributed by atoms with Crippen LogP contribution in [0.4, 0.5) is 0 Å². The monoisotopic (exact) mass is 324 g/mol. The van der Waals surface area contributed by atoms with E-state index in [1.807, 2.05) is 18.2 Å². The molecule has 3 nitrogen and oxygen atoms in total. The summed E-state index contributed by atoms with van der Waals surface area (Å²) < 4.78 is 2.39. The maximum atomic E-state index is 12.7. The van der Waals surface area contributed by atoms with E-state index in [9.17, 15) is 4.79 Å². The van der Waals surface area contributed by atoms with E-state index in [1.165, 1.54) is 36.9 Å². The standard InChI is InChI=1S/C21H28N2O/c1-15-13-20(17(3)23(15)19-11-7-8-12-19)21(24)14-22-16(2)18-9-5-4-6-10-18/h4-6,9-10,13,16,19,22H,7-8,11-12,14H2,1-3H3. The van der Waals surface area contributed by atoms with Gasteiger partial charge in [0.15, 0.2) is 5.78 Å². The van der Waals surface area contributed by atoms with Gasteiger partial charge in [-0.2, -0.15) is 0 Å². The van der Waals surface area contributed by atoms with Crippen LogP contribution in [0.3, 0.4) is 0 Å². The number of nitrogens with zero attached hydrogens (tertiary/aromatic N) is 1. The highest BCUT2D eigenvalue weighted by molar-refractivity contribution is 5.99. The number of hydrogen-bond acceptors (Lipinski definition) is 2. The van der Waals surface area contributed by atoms with Gasteiger partial charge in [0.25, 0.3) is 0 Å². The van der Waals surface area contributed by atoms with E-state index in [0.29, 0.717) is 12.6 Å². The van der Waals surface area contributed by atoms with Crippen LogP contribution in [0.15, 0.2) is 36.4 Å². The summed E-state index contributed by atoms with van der Waals surface area (Å²) in [5.74, 6) is 0.190. The highest BCUT2D eigenvalue weighted by atomic mass is 16.1. The molecule has 128 valence electrons. The molecule has 1 aromatic heterocycles. The van der Waals surface area contributed by atoms with E-state index in [1.54, 1.807) is 0 Å². The number of carbonyl (C=O) groups excluding carboxylic acids is 1. The van der Waals surface area contributed by atoms with Gasteiger partial charge in [-0.3, -0.25) is 4.79 Å². The number of ketones is 1. The van der Waals surface area contributed by atoms with Crippen molar-refractivity contribution < 1.29 is 4.79 Å². The Bertz CT molecular complexity index is 696. The molecule has 0 spiro atoms. The molecule has 0 radical (unpaired) electrons. The minimum absolute atomic E-state index is 0.175. The summed E-state index contributed by atoms with van der Waals surface area (Å²) in [6, 6.07) is 13.1. The summed E-state index contributed by atoms with van der Waals surface area (Å²) in [4.78, 5) is 12.7. The van der Waals surface area contributed by atoms with Gasteiger partial charge in [0.2, 0.25) is 0 Å². The van der Waals surface area contributed by atoms with E-state index in [2.05, 4.69) is 48.9 Å². The molecule has 0 bridgehead atoms. The van der Waals surface area contributed by atoms with Crippen molar-refractivity contribution in [3.8, 4) is 0 Å². The number of hydrogen-bond donors (Lipinski definition) is 1. The zero-order valence-corrected chi connectivity index (χ0v) is 15.0. The Hall–Kier alpha value is -1.87. The van der Waals surface area contributed by atoms with Crippen molar-refractivity contribution in [3.63, 3.8) is 0 Å². The fraction of sp³-hybridized carbons (Fsp3) is 0.476. The summed E-state index contributed by atoms with van der Waals surface area (Å²) in [7, 11) is 0. The van der Waals surface area contributed by atoms with Crippen LogP contribution in [0, 0.1) is 13.8 Å². The molecule has 0 saturated heterocycles. The topological polar surface area (TPSA) is 34.0 Å². The molecule has 1 heterocycles. The Balaban J connectivity index is 1.68. The molecule has 1 aromatic carbocycles. The molecular formula is C21H28N2O. The van der Waals surface area contributed by atoms with Crippen LogP contribution in [0.5, 0.6) is 0 Å². The first-order valence-electron chi connectivity index (χ1n) is 9.08. The van der Waals surface area contributed by atoms with Crippen molar-refractivity contribution in [1.82, 2.24) is 9.88 Å². The van der Waals surface area contributed by atoms with Crippen molar-refractivity contribution in [1.29, 1.82) is 0 Å². The predicted octanol–water partition coefficient (Wildman–Crippen LogP) is 4.75. The fourth-order valence-electron chi connectivity index (χ4n) is 3.98. The lowest BCUT2D eigenvalue weighted by Gasteiger charge is -2.17. The van der Waals surface area contributed by atoms with Crippen molar-refractivity contribution in [2.45, 2.75) is 58.5 Å². The smallest absolute Gasteiger partial charge is 0.178 e. The third-order valence-corrected chi connectivity index (χ3v) is 5.34. The van der Waals surface area contributed by atoms with E-state index in [-0.39, 0.29) is 11.8 Å². The largest absolute Gasteiger partial charge is 0.345 e. The number of aryl methyl sites for hydroxylation is 1. The quantitative estimate of drug-likeness (QED) is 0.778. The van der Waals surface area contributed by atoms with Crippen molar-refractivity contribution in [3.05, 3.63) is 58.9 Å². The number of benzene rings is 1. The van der Waals surface area contributed by atoms with E-state index < -0.39 is 0 Å². The van der Waals surface area contributed by atoms with Gasteiger partial charge >= 0.3 is 0 Å². The SMILES string of the molecule is Cc1cc(C(=O)CNC(C)c2ccccc2)c(C)n1C1CCCC1. The number of carbonyl (C=O) groups is 1. The number of nitrogens with one attached hydrogen (secondary N) is 1. The van der Waals surface area contributed by atoms with Crippen LogP contribution < -0.4 is 5.32 Å². The van der Waals surface area contributed by atoms with E-state index >= 15 is 0 Å². The van der Waals surface area contributed by atoms with Gasteiger partial charge in [0, 0.05) is 29.0 Å². The van der Waals surface area contributed by atoms with Gasteiger partial charge in [-0.15, -0.1) is 0 Å². The van der Waals surface area contributed by atoms with Crippen LogP contribution in [-0.4, -0.2) is 16.9 Å². The fourth-order valence-corrected chi connectivity index (χ4v) is 3.98. The second-order valence-corrected chi connectivity index (χ2v) is 7.03. The van der Waals surface area contributed by atoms with Crippen LogP contribution in [0.1, 0.15) is 72.0 Å². The van der Waals surface area contributed by atoms with Crippen molar-refractivity contribution in [2.75, 3.05) is 6.54 Å². The lowest BCUT2D eigenvalue weighted by atomic mass is 10.1. The highest BCUT2D eigenvalue weighted by Gasteiger charge is 2.23. The first kappa shape index (κ1) is 17.0. The van der Waals surface area contributed by atoms with Crippen LogP contribution >= 0.6 is 0 Å². The summed E-state index contributed by atoms with van der Waals surface area (Å²) in [6.07, 6.45) is 5.10. The Morgan fingerprint density at radius 2 is 1.88 bits per heavy atom. The maximum absolute atomic E-state index is 12.7. The highest BCUT2D eigenvalue weighted by Crippen LogP contribution is 2.33. The van der Waals surface area contributed by atoms with E-state index in [0.717, 1.165) is 11.3 Å². The third kappa shape index (κ3) is 3.46. The van der Waals surface area contributed by atoms with Gasteiger partial charge in [-0.05, 0) is 45.2 Å². The molecule has 1 aliphatic rings. The Labute approximate surface area is 145 Å². The van der Waals surface area contributed by atoms with Crippen molar-refractivity contribution >= 4 is 5.78 Å². The Morgan fingerprint density at radius 3 is 2.54 bits per heavy atom. The molecule has 3 rings (SSSR count). The zero-order valence-electron chi connectivity index (χ0n) is 15.0. The number of Topliss-reactive ketones (excluding diaryl/α,β-unsaturated/α-hetero) is 1. The Morgan fingerprint density at radius 1 is 1.21 bits per heavy atom. The first-order chi connectivity index (χ1) is 11.6. The molecule has 1 atom stereocenters. The van der Waals surface area contributed by atoms with Gasteiger partial charge in [-0.25, -0.2) is 0 Å². The molecule has 24 heavy (non-hydrogen) atoms. The van der Waals surface area contributed by atoms with Gasteiger partial charge in [0.05, 0.1) is 6.54 Å². The van der Waals surface area contributed by atoms with Crippen LogP contribution in [-0.2, 0) is 0 Å². The van der Waals surface area contributed by atoms with Crippen LogP contribution in [0.25, 0.3) is 0 Å². The predicted molar refractivity (Wildman–Crippen MR) is 98.6 cm³/mol. The third-order valence-electron chi connectivity index (χ3n) is 5.34. The minimum Gasteiger partial charge on any atom is -0.345 e. The van der Waals surface area contributed by atoms with Crippen LogP contribution in [0.2, 0.25) is 0 Å². The molecule has 2 aromatic rings. The molecule has 0 amide bonds. The lowest BCUT2D eigenvalue weighted by Crippen LogP contribution is -2.26. The maximum Gasteiger partial charge on any atom is 0.178 e. The average molecular weight is 324 g/mol. The molecule has 1 fully saturated rings. The lowest BCUT2D eigenvalue weighted by molar-refractivity contribution is 0.0987. The van der Waals surface area contributed by atoms with Gasteiger partial charge in [-0.1, -0.05) is 43.2 Å². The molecule has 1 aliphatic carbocycles. The minimum atomic E-state index is 0.175. The number of aromatic nitrogens is 1. The summed E-state index contributed by atoms with van der Waals surface area (Å²) >= 11 is 0. The molecular weight excluding hydrogens is 296 g/mol. The second-order valence-electron chi connectivity index (χ2n) is 7.03. The average Bonchev–Trinajstić information content (AvgIpc) is 3.21. The van der Waals surface area contributed by atoms with Crippen molar-refractivity contribution in [2.24, 2.45) is 0 Å². The summed E-state index contributed by atoms with van der Waals surface area (Å²) in [5, 5.41) is 3.36. The van der Waals surface area contributed by atoms with E-state index in [4.69, 9.17) is 0 Å². The molecule has 1 saturated carbocycles. The Kier molecular flexibility index (Phi) is 5.20. The molecule has 1 unspecified atom stereocenters. The summed E-state index contributed by atoms with van der Waals surface area (Å²) in [5.41, 5.74) is 4.45. The molecule has 0 aliphatic heterocycles. The molecule has 3 heteroatoms. The zero-order chi connectivity index (χ0) is 17.1. The normalized spacial score (nSPS) is 16.5. The number of rotatable bonds is 6. The molecule has 1 N–H and O–H groups in total. The second kappa shape index (κ2) is 7.35. The summed E-state index contributed by atoms with van der Waals surface area (Å²) in [6.45, 7) is 6.71. The van der Waals surface area contributed by atoms with Gasteiger partial charge < -0.3 is 9.88 Å².